The average molecular weight is 314 g/mol. The predicted octanol–water partition coefficient (Wildman–Crippen LogP) is 1.31. The minimum atomic E-state index is -0.705. The highest BCUT2D eigenvalue weighted by Crippen LogP contribution is 2.21. The van der Waals surface area contributed by atoms with Gasteiger partial charge in [0.15, 0.2) is 0 Å². The minimum Gasteiger partial charge on any atom is -0.372 e. The lowest BCUT2D eigenvalue weighted by molar-refractivity contribution is 0.102. The number of hydrogen-bond acceptors (Lipinski definition) is 4. The Hall–Kier alpha value is -2.83. The second-order valence-corrected chi connectivity index (χ2v) is 5.55. The van der Waals surface area contributed by atoms with Crippen LogP contribution in [0.15, 0.2) is 39.9 Å². The van der Waals surface area contributed by atoms with Gasteiger partial charge in [-0.3, -0.25) is 14.6 Å². The largest absolute Gasteiger partial charge is 0.372 e. The molecule has 0 spiro atoms. The lowest BCUT2D eigenvalue weighted by Gasteiger charge is -2.28. The van der Waals surface area contributed by atoms with Crippen molar-refractivity contribution >= 4 is 17.3 Å². The molecule has 1 saturated heterocycles. The number of piperidine rings is 1. The summed E-state index contributed by atoms with van der Waals surface area (Å²) >= 11 is 0. The van der Waals surface area contributed by atoms with Crippen LogP contribution in [0.2, 0.25) is 0 Å². The van der Waals surface area contributed by atoms with E-state index in [-0.39, 0.29) is 5.69 Å². The number of aromatic amines is 2. The van der Waals surface area contributed by atoms with E-state index in [2.05, 4.69) is 15.2 Å². The summed E-state index contributed by atoms with van der Waals surface area (Å²) in [4.78, 5) is 41.1. The molecule has 7 nitrogen and oxygen atoms in total. The molecule has 1 amide bonds. The Labute approximate surface area is 132 Å². The maximum Gasteiger partial charge on any atom is 0.326 e. The fourth-order valence-corrected chi connectivity index (χ4v) is 2.70. The molecule has 2 aromatic rings. The zero-order chi connectivity index (χ0) is 16.2. The van der Waals surface area contributed by atoms with Gasteiger partial charge in [-0.15, -0.1) is 0 Å². The highest BCUT2D eigenvalue weighted by Gasteiger charge is 2.12. The molecule has 0 atom stereocenters. The number of H-pyrrole nitrogens is 2. The van der Waals surface area contributed by atoms with E-state index in [4.69, 9.17) is 0 Å². The lowest BCUT2D eigenvalue weighted by atomic mass is 10.1. The summed E-state index contributed by atoms with van der Waals surface area (Å²) in [6.07, 6.45) is 3.68. The summed E-state index contributed by atoms with van der Waals surface area (Å²) in [6, 6.07) is 8.60. The third-order valence-electron chi connectivity index (χ3n) is 3.85. The summed E-state index contributed by atoms with van der Waals surface area (Å²) in [5.41, 5.74) is 0.352. The van der Waals surface area contributed by atoms with Crippen molar-refractivity contribution in [3.63, 3.8) is 0 Å². The van der Waals surface area contributed by atoms with Crippen LogP contribution >= 0.6 is 0 Å². The quantitative estimate of drug-likeness (QED) is 0.795. The lowest BCUT2D eigenvalue weighted by Crippen LogP contribution is -2.29. The molecule has 2 heterocycles. The molecular weight excluding hydrogens is 296 g/mol. The number of rotatable bonds is 3. The van der Waals surface area contributed by atoms with Crippen molar-refractivity contribution < 1.29 is 4.79 Å². The van der Waals surface area contributed by atoms with Crippen molar-refractivity contribution in [1.29, 1.82) is 0 Å². The van der Waals surface area contributed by atoms with Crippen molar-refractivity contribution in [3.8, 4) is 0 Å². The molecule has 3 N–H and O–H groups in total. The number of aromatic nitrogens is 2. The zero-order valence-corrected chi connectivity index (χ0v) is 12.6. The zero-order valence-electron chi connectivity index (χ0n) is 12.6. The first-order valence-corrected chi connectivity index (χ1v) is 7.62. The van der Waals surface area contributed by atoms with Gasteiger partial charge in [0.1, 0.15) is 5.69 Å². The normalized spacial score (nSPS) is 14.5. The number of hydrogen-bond donors (Lipinski definition) is 3. The topological polar surface area (TPSA) is 98.1 Å². The minimum absolute atomic E-state index is 0.0705. The maximum absolute atomic E-state index is 12.1. The van der Waals surface area contributed by atoms with Gasteiger partial charge in [0, 0.05) is 30.5 Å². The van der Waals surface area contributed by atoms with Gasteiger partial charge < -0.3 is 15.2 Å². The molecule has 7 heteroatoms. The van der Waals surface area contributed by atoms with Crippen LogP contribution < -0.4 is 21.5 Å². The summed E-state index contributed by atoms with van der Waals surface area (Å²) in [7, 11) is 0. The molecule has 3 rings (SSSR count). The molecule has 0 radical (unpaired) electrons. The Morgan fingerprint density at radius 1 is 1.00 bits per heavy atom. The van der Waals surface area contributed by atoms with Crippen LogP contribution in [-0.4, -0.2) is 29.0 Å². The molecular formula is C16H18N4O3. The van der Waals surface area contributed by atoms with Gasteiger partial charge in [0.25, 0.3) is 11.5 Å². The first-order chi connectivity index (χ1) is 11.1. The molecule has 0 saturated carbocycles. The van der Waals surface area contributed by atoms with Gasteiger partial charge >= 0.3 is 5.69 Å². The van der Waals surface area contributed by atoms with E-state index in [1.54, 1.807) is 0 Å². The summed E-state index contributed by atoms with van der Waals surface area (Å²) < 4.78 is 0. The van der Waals surface area contributed by atoms with Crippen LogP contribution in [0.3, 0.4) is 0 Å². The van der Waals surface area contributed by atoms with Gasteiger partial charge in [-0.05, 0) is 43.5 Å². The standard InChI is InChI=1S/C16H18N4O3/c21-14-10-13(18-16(23)19-14)15(22)17-11-4-6-12(7-5-11)20-8-2-1-3-9-20/h4-7,10H,1-3,8-9H2,(H,17,22)(H2,18,19,21,23). The Kier molecular flexibility index (Phi) is 4.27. The molecule has 120 valence electrons. The summed E-state index contributed by atoms with van der Waals surface area (Å²) in [6.45, 7) is 2.11. The van der Waals surface area contributed by atoms with Gasteiger partial charge in [-0.25, -0.2) is 4.79 Å². The SMILES string of the molecule is O=C(Nc1ccc(N2CCCCC2)cc1)c1cc(=O)[nH]c(=O)[nH]1. The van der Waals surface area contributed by atoms with Crippen molar-refractivity contribution in [1.82, 2.24) is 9.97 Å². The predicted molar refractivity (Wildman–Crippen MR) is 88.1 cm³/mol. The highest BCUT2D eigenvalue weighted by atomic mass is 16.2. The van der Waals surface area contributed by atoms with Crippen molar-refractivity contribution in [2.75, 3.05) is 23.3 Å². The van der Waals surface area contributed by atoms with Crippen molar-refractivity contribution in [2.24, 2.45) is 0 Å². The van der Waals surface area contributed by atoms with Gasteiger partial charge in [-0.2, -0.15) is 0 Å². The number of nitrogens with one attached hydrogen (secondary N) is 3. The third-order valence-corrected chi connectivity index (χ3v) is 3.85. The van der Waals surface area contributed by atoms with Gasteiger partial charge in [0.05, 0.1) is 0 Å². The van der Waals surface area contributed by atoms with Crippen LogP contribution in [-0.2, 0) is 0 Å². The monoisotopic (exact) mass is 314 g/mol. The molecule has 23 heavy (non-hydrogen) atoms. The van der Waals surface area contributed by atoms with E-state index in [0.29, 0.717) is 5.69 Å². The van der Waals surface area contributed by atoms with Gasteiger partial charge in [-0.1, -0.05) is 0 Å². The Morgan fingerprint density at radius 3 is 2.35 bits per heavy atom. The van der Waals surface area contributed by atoms with E-state index in [0.717, 1.165) is 24.8 Å². The molecule has 1 fully saturated rings. The van der Waals surface area contributed by atoms with E-state index >= 15 is 0 Å². The summed E-state index contributed by atoms with van der Waals surface area (Å²) in [5, 5.41) is 2.66. The van der Waals surface area contributed by atoms with Crippen LogP contribution in [0, 0.1) is 0 Å². The number of nitrogens with zero attached hydrogens (tertiary/aromatic N) is 1. The molecule has 1 aliphatic heterocycles. The van der Waals surface area contributed by atoms with E-state index in [1.807, 2.05) is 29.2 Å². The second-order valence-electron chi connectivity index (χ2n) is 5.55. The van der Waals surface area contributed by atoms with Crippen molar-refractivity contribution in [2.45, 2.75) is 19.3 Å². The van der Waals surface area contributed by atoms with E-state index in [1.165, 1.54) is 19.3 Å². The van der Waals surface area contributed by atoms with E-state index < -0.39 is 17.2 Å². The average Bonchev–Trinajstić information content (AvgIpc) is 2.55. The van der Waals surface area contributed by atoms with E-state index in [9.17, 15) is 14.4 Å². The molecule has 0 unspecified atom stereocenters. The second kappa shape index (κ2) is 6.51. The molecule has 1 aromatic heterocycles. The Morgan fingerprint density at radius 2 is 1.70 bits per heavy atom. The Bertz CT molecular complexity index is 773. The highest BCUT2D eigenvalue weighted by molar-refractivity contribution is 6.02. The van der Waals surface area contributed by atoms with Crippen LogP contribution in [0.4, 0.5) is 11.4 Å². The molecule has 0 aliphatic carbocycles. The fourth-order valence-electron chi connectivity index (χ4n) is 2.70. The van der Waals surface area contributed by atoms with Crippen LogP contribution in [0.1, 0.15) is 29.8 Å². The number of benzene rings is 1. The fraction of sp³-hybridized carbons (Fsp3) is 0.312. The molecule has 1 aliphatic rings. The number of amides is 1. The third kappa shape index (κ3) is 3.68. The van der Waals surface area contributed by atoms with Crippen LogP contribution in [0.5, 0.6) is 0 Å². The van der Waals surface area contributed by atoms with Crippen molar-refractivity contribution in [3.05, 3.63) is 56.9 Å². The number of anilines is 2. The number of carbonyl (C=O) groups excluding carboxylic acids is 1. The first kappa shape index (κ1) is 15.1. The first-order valence-electron chi connectivity index (χ1n) is 7.62. The Balaban J connectivity index is 1.71. The number of carbonyl (C=O) groups is 1. The van der Waals surface area contributed by atoms with Gasteiger partial charge in [0.2, 0.25) is 0 Å². The smallest absolute Gasteiger partial charge is 0.326 e. The summed E-state index contributed by atoms with van der Waals surface area (Å²) in [5.74, 6) is -0.529. The molecule has 0 bridgehead atoms. The molecule has 1 aromatic carbocycles. The maximum atomic E-state index is 12.1. The van der Waals surface area contributed by atoms with Crippen LogP contribution in [0.25, 0.3) is 0 Å².